The molecule has 1 aliphatic heterocycles. The zero-order valence-electron chi connectivity index (χ0n) is 10.6. The zero-order valence-corrected chi connectivity index (χ0v) is 11.4. The molecule has 0 radical (unpaired) electrons. The van der Waals surface area contributed by atoms with Crippen LogP contribution in [-0.2, 0) is 19.6 Å². The van der Waals surface area contributed by atoms with Gasteiger partial charge in [-0.3, -0.25) is 4.79 Å². The molecule has 0 aromatic heterocycles. The summed E-state index contributed by atoms with van der Waals surface area (Å²) in [5.41, 5.74) is 0. The fraction of sp³-hybridized carbons (Fsp3) is 0.909. The average Bonchev–Trinajstić information content (AvgIpc) is 2.35. The fourth-order valence-electron chi connectivity index (χ4n) is 1.89. The number of aliphatic carboxylic acids is 1. The summed E-state index contributed by atoms with van der Waals surface area (Å²) in [5.74, 6) is -1.12. The van der Waals surface area contributed by atoms with Crippen molar-refractivity contribution in [2.24, 2.45) is 0 Å². The molecule has 6 nitrogen and oxygen atoms in total. The second kappa shape index (κ2) is 7.06. The summed E-state index contributed by atoms with van der Waals surface area (Å²) in [6.45, 7) is 2.65. The van der Waals surface area contributed by atoms with E-state index in [0.717, 1.165) is 6.42 Å². The number of hydrogen-bond acceptors (Lipinski definition) is 4. The smallest absolute Gasteiger partial charge is 0.321 e. The summed E-state index contributed by atoms with van der Waals surface area (Å²) in [6.07, 6.45) is 3.05. The van der Waals surface area contributed by atoms with E-state index in [1.807, 2.05) is 6.92 Å². The lowest BCUT2D eigenvalue weighted by Gasteiger charge is -2.24. The van der Waals surface area contributed by atoms with Crippen molar-refractivity contribution in [2.75, 3.05) is 13.2 Å². The van der Waals surface area contributed by atoms with Crippen LogP contribution in [0.3, 0.4) is 0 Å². The van der Waals surface area contributed by atoms with Gasteiger partial charge >= 0.3 is 5.97 Å². The first kappa shape index (κ1) is 15.4. The Morgan fingerprint density at radius 2 is 2.28 bits per heavy atom. The van der Waals surface area contributed by atoms with E-state index in [9.17, 15) is 13.2 Å². The van der Waals surface area contributed by atoms with E-state index in [0.29, 0.717) is 32.3 Å². The molecule has 1 heterocycles. The summed E-state index contributed by atoms with van der Waals surface area (Å²) in [4.78, 5) is 11.0. The van der Waals surface area contributed by atoms with Crippen molar-refractivity contribution in [1.29, 1.82) is 0 Å². The summed E-state index contributed by atoms with van der Waals surface area (Å²) < 4.78 is 31.4. The molecule has 1 saturated heterocycles. The van der Waals surface area contributed by atoms with Crippen molar-refractivity contribution in [3.63, 3.8) is 0 Å². The number of carboxylic acids is 1. The molecular weight excluding hydrogens is 258 g/mol. The maximum Gasteiger partial charge on any atom is 0.321 e. The van der Waals surface area contributed by atoms with Gasteiger partial charge in [-0.25, -0.2) is 13.1 Å². The number of nitrogens with one attached hydrogen (secondary N) is 1. The Bertz CT molecular complexity index is 362. The lowest BCUT2D eigenvalue weighted by Crippen LogP contribution is -2.47. The van der Waals surface area contributed by atoms with Crippen LogP contribution in [0.15, 0.2) is 0 Å². The molecule has 0 aliphatic carbocycles. The number of hydrogen-bond donors (Lipinski definition) is 2. The summed E-state index contributed by atoms with van der Waals surface area (Å²) in [7, 11) is -3.61. The third-order valence-electron chi connectivity index (χ3n) is 3.01. The van der Waals surface area contributed by atoms with E-state index < -0.39 is 27.3 Å². The molecule has 0 spiro atoms. The highest BCUT2D eigenvalue weighted by molar-refractivity contribution is 7.90. The molecule has 0 amide bonds. The van der Waals surface area contributed by atoms with Gasteiger partial charge in [-0.1, -0.05) is 19.8 Å². The summed E-state index contributed by atoms with van der Waals surface area (Å²) >= 11 is 0. The van der Waals surface area contributed by atoms with Crippen molar-refractivity contribution in [2.45, 2.75) is 50.3 Å². The van der Waals surface area contributed by atoms with Gasteiger partial charge in [0, 0.05) is 6.61 Å². The average molecular weight is 279 g/mol. The lowest BCUT2D eigenvalue weighted by atomic mass is 10.1. The minimum atomic E-state index is -3.61. The molecule has 0 aromatic rings. The summed E-state index contributed by atoms with van der Waals surface area (Å²) in [5, 5.41) is 8.37. The molecule has 1 unspecified atom stereocenters. The maximum atomic E-state index is 12.0. The topological polar surface area (TPSA) is 92.7 Å². The Labute approximate surface area is 108 Å². The highest BCUT2D eigenvalue weighted by Gasteiger charge is 2.32. The van der Waals surface area contributed by atoms with Crippen molar-refractivity contribution < 1.29 is 23.1 Å². The predicted octanol–water partition coefficient (Wildman–Crippen LogP) is 0.728. The van der Waals surface area contributed by atoms with Crippen LogP contribution in [0, 0.1) is 0 Å². The molecule has 1 aliphatic rings. The van der Waals surface area contributed by atoms with Crippen LogP contribution in [0.1, 0.15) is 39.0 Å². The molecule has 7 heteroatoms. The van der Waals surface area contributed by atoms with E-state index in [1.54, 1.807) is 0 Å². The van der Waals surface area contributed by atoms with E-state index in [1.165, 1.54) is 0 Å². The van der Waals surface area contributed by atoms with Crippen molar-refractivity contribution in [3.05, 3.63) is 0 Å². The lowest BCUT2D eigenvalue weighted by molar-refractivity contribution is -0.139. The van der Waals surface area contributed by atoms with Gasteiger partial charge in [0.25, 0.3) is 0 Å². The summed E-state index contributed by atoms with van der Waals surface area (Å²) in [6, 6.07) is -1.03. The number of carbonyl (C=O) groups is 1. The predicted molar refractivity (Wildman–Crippen MR) is 66.8 cm³/mol. The second-order valence-corrected chi connectivity index (χ2v) is 6.53. The third-order valence-corrected chi connectivity index (χ3v) is 4.87. The Morgan fingerprint density at radius 3 is 2.78 bits per heavy atom. The Balaban J connectivity index is 2.62. The van der Waals surface area contributed by atoms with Crippen molar-refractivity contribution in [1.82, 2.24) is 4.72 Å². The van der Waals surface area contributed by atoms with Gasteiger partial charge in [-0.05, 0) is 19.3 Å². The molecule has 2 N–H and O–H groups in total. The van der Waals surface area contributed by atoms with Crippen molar-refractivity contribution >= 4 is 16.0 Å². The first-order valence-electron chi connectivity index (χ1n) is 6.29. The zero-order chi connectivity index (χ0) is 13.6. The molecule has 1 rings (SSSR count). The van der Waals surface area contributed by atoms with Crippen LogP contribution in [0.25, 0.3) is 0 Å². The fourth-order valence-corrected chi connectivity index (χ4v) is 3.45. The first-order valence-corrected chi connectivity index (χ1v) is 7.83. The van der Waals surface area contributed by atoms with E-state index in [2.05, 4.69) is 4.72 Å². The molecule has 2 atom stereocenters. The minimum Gasteiger partial charge on any atom is -0.480 e. The minimum absolute atomic E-state index is 0.148. The SMILES string of the molecule is CCCC[C@H](NS(=O)(=O)C1CCCOC1)C(=O)O. The number of sulfonamides is 1. The van der Waals surface area contributed by atoms with Crippen LogP contribution in [0.5, 0.6) is 0 Å². The Kier molecular flexibility index (Phi) is 6.04. The Hall–Kier alpha value is -0.660. The normalized spacial score (nSPS) is 22.6. The van der Waals surface area contributed by atoms with Gasteiger partial charge in [-0.2, -0.15) is 0 Å². The van der Waals surface area contributed by atoms with Gasteiger partial charge < -0.3 is 9.84 Å². The number of rotatable bonds is 7. The molecule has 18 heavy (non-hydrogen) atoms. The number of unbranched alkanes of at least 4 members (excludes halogenated alkanes) is 1. The van der Waals surface area contributed by atoms with E-state index in [-0.39, 0.29) is 6.61 Å². The highest BCUT2D eigenvalue weighted by Crippen LogP contribution is 2.15. The largest absolute Gasteiger partial charge is 0.480 e. The van der Waals surface area contributed by atoms with Gasteiger partial charge in [0.1, 0.15) is 6.04 Å². The maximum absolute atomic E-state index is 12.0. The van der Waals surface area contributed by atoms with Gasteiger partial charge in [0.05, 0.1) is 11.9 Å². The monoisotopic (exact) mass is 279 g/mol. The van der Waals surface area contributed by atoms with Crippen LogP contribution >= 0.6 is 0 Å². The highest BCUT2D eigenvalue weighted by atomic mass is 32.2. The van der Waals surface area contributed by atoms with Crippen molar-refractivity contribution in [3.8, 4) is 0 Å². The van der Waals surface area contributed by atoms with Crippen LogP contribution in [0.2, 0.25) is 0 Å². The van der Waals surface area contributed by atoms with Crippen LogP contribution in [-0.4, -0.2) is 44.0 Å². The molecule has 106 valence electrons. The van der Waals surface area contributed by atoms with E-state index in [4.69, 9.17) is 9.84 Å². The molecule has 0 aromatic carbocycles. The second-order valence-electron chi connectivity index (χ2n) is 4.54. The number of ether oxygens (including phenoxy) is 1. The first-order chi connectivity index (χ1) is 8.47. The number of carboxylic acid groups (broad SMARTS) is 1. The van der Waals surface area contributed by atoms with Gasteiger partial charge in [0.15, 0.2) is 0 Å². The molecular formula is C11H21NO5S. The van der Waals surface area contributed by atoms with Crippen LogP contribution < -0.4 is 4.72 Å². The molecule has 0 saturated carbocycles. The third kappa shape index (κ3) is 4.55. The Morgan fingerprint density at radius 1 is 1.56 bits per heavy atom. The standard InChI is InChI=1S/C11H21NO5S/c1-2-3-6-10(11(13)14)12-18(15,16)9-5-4-7-17-8-9/h9-10,12H,2-8H2,1H3,(H,13,14)/t9?,10-/m0/s1. The quantitative estimate of drug-likeness (QED) is 0.716. The van der Waals surface area contributed by atoms with Gasteiger partial charge in [0.2, 0.25) is 10.0 Å². The van der Waals surface area contributed by atoms with Gasteiger partial charge in [-0.15, -0.1) is 0 Å². The van der Waals surface area contributed by atoms with Crippen LogP contribution in [0.4, 0.5) is 0 Å². The molecule has 1 fully saturated rings. The van der Waals surface area contributed by atoms with E-state index >= 15 is 0 Å². The molecule has 0 bridgehead atoms.